The maximum Gasteiger partial charge on any atom is 0.323 e. The quantitative estimate of drug-likeness (QED) is 0.542. The number of hydrogen-bond donors (Lipinski definition) is 2. The van der Waals surface area contributed by atoms with Gasteiger partial charge in [-0.15, -0.1) is 0 Å². The summed E-state index contributed by atoms with van der Waals surface area (Å²) in [5, 5.41) is 4.75. The summed E-state index contributed by atoms with van der Waals surface area (Å²) in [5.74, 6) is -0.163. The minimum absolute atomic E-state index is 0.163. The van der Waals surface area contributed by atoms with Gasteiger partial charge in [0, 0.05) is 29.1 Å². The standard InChI is InChI=1S/C21H30N2O2/c1-3-4-5-6-7-8-13-18-20-16(14-19(22-18)21(24)25-2)15-11-9-10-12-17(15)23-20/h9-12,18-19,22-23H,3-8,13-14H2,1-2H3/t18-,19-/m0/s1. The minimum atomic E-state index is -0.248. The highest BCUT2D eigenvalue weighted by atomic mass is 16.5. The Hall–Kier alpha value is -1.81. The number of aromatic amines is 1. The van der Waals surface area contributed by atoms with Crippen LogP contribution in [0, 0.1) is 0 Å². The second-order valence-electron chi connectivity index (χ2n) is 7.12. The maximum atomic E-state index is 12.1. The Morgan fingerprint density at radius 3 is 2.72 bits per heavy atom. The molecule has 0 radical (unpaired) electrons. The predicted octanol–water partition coefficient (Wildman–Crippen LogP) is 4.65. The summed E-state index contributed by atoms with van der Waals surface area (Å²) in [6.07, 6.45) is 9.44. The number of unbranched alkanes of at least 4 members (excludes halogenated alkanes) is 5. The number of hydrogen-bond acceptors (Lipinski definition) is 3. The molecule has 0 aliphatic carbocycles. The van der Waals surface area contributed by atoms with E-state index in [4.69, 9.17) is 4.74 Å². The van der Waals surface area contributed by atoms with Gasteiger partial charge in [0.2, 0.25) is 0 Å². The predicted molar refractivity (Wildman–Crippen MR) is 102 cm³/mol. The summed E-state index contributed by atoms with van der Waals surface area (Å²) in [7, 11) is 1.47. The van der Waals surface area contributed by atoms with Crippen molar-refractivity contribution in [2.45, 2.75) is 70.4 Å². The first-order chi connectivity index (χ1) is 12.2. The maximum absolute atomic E-state index is 12.1. The van der Waals surface area contributed by atoms with E-state index in [0.29, 0.717) is 6.42 Å². The second kappa shape index (κ2) is 8.52. The summed E-state index contributed by atoms with van der Waals surface area (Å²) >= 11 is 0. The number of aromatic nitrogens is 1. The summed E-state index contributed by atoms with van der Waals surface area (Å²) in [4.78, 5) is 15.7. The van der Waals surface area contributed by atoms with Crippen LogP contribution in [0.5, 0.6) is 0 Å². The third kappa shape index (κ3) is 4.06. The summed E-state index contributed by atoms with van der Waals surface area (Å²) < 4.78 is 5.00. The Kier molecular flexibility index (Phi) is 6.14. The first-order valence-corrected chi connectivity index (χ1v) is 9.68. The van der Waals surface area contributed by atoms with Crippen molar-refractivity contribution in [1.82, 2.24) is 10.3 Å². The van der Waals surface area contributed by atoms with Crippen LogP contribution in [-0.4, -0.2) is 24.1 Å². The van der Waals surface area contributed by atoms with E-state index in [2.05, 4.69) is 41.5 Å². The molecule has 136 valence electrons. The second-order valence-corrected chi connectivity index (χ2v) is 7.12. The van der Waals surface area contributed by atoms with Crippen LogP contribution in [0.4, 0.5) is 0 Å². The normalized spacial score (nSPS) is 19.8. The molecule has 2 N–H and O–H groups in total. The zero-order valence-electron chi connectivity index (χ0n) is 15.4. The molecule has 0 amide bonds. The van der Waals surface area contributed by atoms with Crippen LogP contribution < -0.4 is 5.32 Å². The van der Waals surface area contributed by atoms with E-state index in [1.807, 2.05) is 0 Å². The van der Waals surface area contributed by atoms with Crippen molar-refractivity contribution in [3.63, 3.8) is 0 Å². The van der Waals surface area contributed by atoms with Gasteiger partial charge in [0.05, 0.1) is 7.11 Å². The molecule has 2 aromatic rings. The van der Waals surface area contributed by atoms with Crippen LogP contribution in [0.25, 0.3) is 10.9 Å². The number of ether oxygens (including phenoxy) is 1. The summed E-state index contributed by atoms with van der Waals surface area (Å²) in [6, 6.07) is 8.33. The van der Waals surface area contributed by atoms with E-state index >= 15 is 0 Å². The van der Waals surface area contributed by atoms with Crippen molar-refractivity contribution in [3.05, 3.63) is 35.5 Å². The smallest absolute Gasteiger partial charge is 0.323 e. The molecule has 4 nitrogen and oxygen atoms in total. The molecule has 0 spiro atoms. The lowest BCUT2D eigenvalue weighted by Crippen LogP contribution is -2.45. The van der Waals surface area contributed by atoms with Crippen LogP contribution in [0.15, 0.2) is 24.3 Å². The van der Waals surface area contributed by atoms with Gasteiger partial charge < -0.3 is 9.72 Å². The molecule has 0 fully saturated rings. The topological polar surface area (TPSA) is 54.1 Å². The van der Waals surface area contributed by atoms with E-state index in [1.165, 1.54) is 62.3 Å². The lowest BCUT2D eigenvalue weighted by atomic mass is 9.91. The number of carbonyl (C=O) groups is 1. The van der Waals surface area contributed by atoms with Crippen molar-refractivity contribution in [3.8, 4) is 0 Å². The zero-order chi connectivity index (χ0) is 17.6. The number of nitrogens with one attached hydrogen (secondary N) is 2. The van der Waals surface area contributed by atoms with Crippen LogP contribution in [0.1, 0.15) is 69.2 Å². The van der Waals surface area contributed by atoms with Crippen molar-refractivity contribution in [2.75, 3.05) is 7.11 Å². The lowest BCUT2D eigenvalue weighted by Gasteiger charge is -2.30. The average Bonchev–Trinajstić information content (AvgIpc) is 3.02. The van der Waals surface area contributed by atoms with Crippen LogP contribution in [-0.2, 0) is 16.0 Å². The highest BCUT2D eigenvalue weighted by molar-refractivity contribution is 5.87. The molecule has 1 aliphatic rings. The number of esters is 1. The Morgan fingerprint density at radius 2 is 1.92 bits per heavy atom. The number of para-hydroxylation sites is 1. The molecule has 0 saturated heterocycles. The molecule has 1 aromatic carbocycles. The number of H-pyrrole nitrogens is 1. The fraction of sp³-hybridized carbons (Fsp3) is 0.571. The van der Waals surface area contributed by atoms with Crippen molar-refractivity contribution in [2.24, 2.45) is 0 Å². The number of rotatable bonds is 8. The molecule has 2 heterocycles. The summed E-state index contributed by atoms with van der Waals surface area (Å²) in [5.41, 5.74) is 3.70. The van der Waals surface area contributed by atoms with Crippen LogP contribution in [0.3, 0.4) is 0 Å². The monoisotopic (exact) mass is 342 g/mol. The highest BCUT2D eigenvalue weighted by Crippen LogP contribution is 2.34. The van der Waals surface area contributed by atoms with Crippen molar-refractivity contribution in [1.29, 1.82) is 0 Å². The highest BCUT2D eigenvalue weighted by Gasteiger charge is 2.33. The Morgan fingerprint density at radius 1 is 1.16 bits per heavy atom. The van der Waals surface area contributed by atoms with Gasteiger partial charge in [-0.1, -0.05) is 63.6 Å². The largest absolute Gasteiger partial charge is 0.468 e. The Balaban J connectivity index is 1.74. The van der Waals surface area contributed by atoms with Crippen molar-refractivity contribution < 1.29 is 9.53 Å². The fourth-order valence-electron chi connectivity index (χ4n) is 3.98. The molecule has 1 aliphatic heterocycles. The lowest BCUT2D eigenvalue weighted by molar-refractivity contribution is -0.143. The van der Waals surface area contributed by atoms with E-state index in [1.54, 1.807) is 0 Å². The van der Waals surface area contributed by atoms with Crippen LogP contribution >= 0.6 is 0 Å². The van der Waals surface area contributed by atoms with Gasteiger partial charge in [-0.25, -0.2) is 0 Å². The molecule has 25 heavy (non-hydrogen) atoms. The van der Waals surface area contributed by atoms with Crippen molar-refractivity contribution >= 4 is 16.9 Å². The minimum Gasteiger partial charge on any atom is -0.468 e. The number of benzene rings is 1. The number of carbonyl (C=O) groups excluding carboxylic acids is 1. The third-order valence-corrected chi connectivity index (χ3v) is 5.34. The number of methoxy groups -OCH3 is 1. The molecule has 0 saturated carbocycles. The van der Waals surface area contributed by atoms with Gasteiger partial charge in [-0.05, 0) is 18.1 Å². The summed E-state index contributed by atoms with van der Waals surface area (Å²) in [6.45, 7) is 2.25. The van der Waals surface area contributed by atoms with E-state index in [-0.39, 0.29) is 18.1 Å². The Bertz CT molecular complexity index is 707. The molecule has 2 atom stereocenters. The zero-order valence-corrected chi connectivity index (χ0v) is 15.4. The fourth-order valence-corrected chi connectivity index (χ4v) is 3.98. The molecule has 0 unspecified atom stereocenters. The van der Waals surface area contributed by atoms with Gasteiger partial charge in [-0.2, -0.15) is 0 Å². The Labute approximate surface area is 150 Å². The van der Waals surface area contributed by atoms with Gasteiger partial charge in [0.25, 0.3) is 0 Å². The molecule has 4 heteroatoms. The van der Waals surface area contributed by atoms with Gasteiger partial charge in [0.1, 0.15) is 6.04 Å². The van der Waals surface area contributed by atoms with E-state index in [9.17, 15) is 4.79 Å². The average molecular weight is 342 g/mol. The molecular formula is C21H30N2O2. The first kappa shape index (κ1) is 18.0. The molecular weight excluding hydrogens is 312 g/mol. The van der Waals surface area contributed by atoms with E-state index < -0.39 is 0 Å². The molecule has 0 bridgehead atoms. The van der Waals surface area contributed by atoms with Gasteiger partial charge >= 0.3 is 5.97 Å². The van der Waals surface area contributed by atoms with Gasteiger partial charge in [0.15, 0.2) is 0 Å². The van der Waals surface area contributed by atoms with Gasteiger partial charge in [-0.3, -0.25) is 10.1 Å². The SMILES string of the molecule is CCCCCCCC[C@@H]1N[C@H](C(=O)OC)Cc2c1[nH]c1ccccc21. The molecule has 3 rings (SSSR count). The van der Waals surface area contributed by atoms with E-state index in [0.717, 1.165) is 11.9 Å². The third-order valence-electron chi connectivity index (χ3n) is 5.34. The number of fused-ring (bicyclic) bond motifs is 3. The van der Waals surface area contributed by atoms with Crippen LogP contribution in [0.2, 0.25) is 0 Å². The first-order valence-electron chi connectivity index (χ1n) is 9.68. The molecule has 1 aromatic heterocycles.